The van der Waals surface area contributed by atoms with E-state index < -0.39 is 0 Å². The molecule has 0 amide bonds. The highest BCUT2D eigenvalue weighted by Gasteiger charge is 2.24. The van der Waals surface area contributed by atoms with E-state index in [2.05, 4.69) is 42.7 Å². The van der Waals surface area contributed by atoms with Gasteiger partial charge in [-0.25, -0.2) is 0 Å². The van der Waals surface area contributed by atoms with Crippen LogP contribution in [-0.2, 0) is 8.92 Å². The van der Waals surface area contributed by atoms with Crippen LogP contribution in [0.25, 0.3) is 0 Å². The number of ether oxygens (including phenoxy) is 1. The molecule has 1 aliphatic heterocycles. The van der Waals surface area contributed by atoms with Gasteiger partial charge in [0.2, 0.25) is 0 Å². The Balaban J connectivity index is 1.82. The largest absolute Gasteiger partial charge is 0.474 e. The SMILES string of the molecule is C=C(OC(C)(C)C)N1CCCC(OSc2ccc(C)cc2)C1. The van der Waals surface area contributed by atoms with Crippen molar-refractivity contribution in [2.45, 2.75) is 57.1 Å². The van der Waals surface area contributed by atoms with E-state index in [1.54, 1.807) is 0 Å². The van der Waals surface area contributed by atoms with Crippen LogP contribution in [0.5, 0.6) is 0 Å². The summed E-state index contributed by atoms with van der Waals surface area (Å²) in [7, 11) is 0. The third-order valence-electron chi connectivity index (χ3n) is 3.46. The maximum Gasteiger partial charge on any atom is 0.182 e. The quantitative estimate of drug-likeness (QED) is 0.575. The molecule has 0 N–H and O–H groups in total. The molecule has 1 fully saturated rings. The average Bonchev–Trinajstić information content (AvgIpc) is 2.45. The summed E-state index contributed by atoms with van der Waals surface area (Å²) in [6, 6.07) is 8.42. The zero-order valence-corrected chi connectivity index (χ0v) is 14.9. The lowest BCUT2D eigenvalue weighted by atomic mass is 10.1. The Morgan fingerprint density at radius 3 is 2.59 bits per heavy atom. The summed E-state index contributed by atoms with van der Waals surface area (Å²) in [5, 5.41) is 0. The van der Waals surface area contributed by atoms with Gasteiger partial charge in [-0.2, -0.15) is 0 Å². The third-order valence-corrected chi connectivity index (χ3v) is 4.29. The van der Waals surface area contributed by atoms with Gasteiger partial charge in [0.25, 0.3) is 0 Å². The number of hydrogen-bond donors (Lipinski definition) is 0. The monoisotopic (exact) mass is 321 g/mol. The van der Waals surface area contributed by atoms with Gasteiger partial charge in [0.15, 0.2) is 5.88 Å². The fourth-order valence-electron chi connectivity index (χ4n) is 2.38. The van der Waals surface area contributed by atoms with E-state index >= 15 is 0 Å². The van der Waals surface area contributed by atoms with Crippen molar-refractivity contribution >= 4 is 12.0 Å². The van der Waals surface area contributed by atoms with E-state index in [1.807, 2.05) is 20.8 Å². The van der Waals surface area contributed by atoms with Crippen molar-refractivity contribution in [1.29, 1.82) is 0 Å². The number of aryl methyl sites for hydroxylation is 1. The Bertz CT molecular complexity index is 493. The van der Waals surface area contributed by atoms with Gasteiger partial charge in [0.1, 0.15) is 5.60 Å². The van der Waals surface area contributed by atoms with E-state index in [9.17, 15) is 0 Å². The molecule has 0 saturated carbocycles. The normalized spacial score (nSPS) is 19.1. The van der Waals surface area contributed by atoms with Gasteiger partial charge in [-0.05, 0) is 59.2 Å². The first kappa shape index (κ1) is 17.2. The summed E-state index contributed by atoms with van der Waals surface area (Å²) >= 11 is 1.47. The first-order valence-electron chi connectivity index (χ1n) is 7.86. The molecule has 4 heteroatoms. The van der Waals surface area contributed by atoms with Crippen molar-refractivity contribution in [1.82, 2.24) is 4.90 Å². The summed E-state index contributed by atoms with van der Waals surface area (Å²) in [5.41, 5.74) is 1.06. The molecule has 1 aromatic rings. The molecule has 122 valence electrons. The molecular weight excluding hydrogens is 294 g/mol. The maximum absolute atomic E-state index is 6.00. The molecule has 1 heterocycles. The van der Waals surface area contributed by atoms with E-state index in [0.717, 1.165) is 36.7 Å². The van der Waals surface area contributed by atoms with Crippen molar-refractivity contribution in [2.24, 2.45) is 0 Å². The van der Waals surface area contributed by atoms with Crippen molar-refractivity contribution < 1.29 is 8.92 Å². The number of likely N-dealkylation sites (tertiary alicyclic amines) is 1. The van der Waals surface area contributed by atoms with Crippen LogP contribution in [0.4, 0.5) is 0 Å². The van der Waals surface area contributed by atoms with Crippen molar-refractivity contribution in [2.75, 3.05) is 13.1 Å². The Kier molecular flexibility index (Phi) is 5.81. The minimum absolute atomic E-state index is 0.207. The molecule has 0 aromatic heterocycles. The molecule has 3 nitrogen and oxygen atoms in total. The lowest BCUT2D eigenvalue weighted by Gasteiger charge is -2.36. The number of rotatable bonds is 5. The minimum atomic E-state index is -0.207. The highest BCUT2D eigenvalue weighted by molar-refractivity contribution is 7.94. The molecule has 2 rings (SSSR count). The highest BCUT2D eigenvalue weighted by Crippen LogP contribution is 2.27. The van der Waals surface area contributed by atoms with Gasteiger partial charge in [-0.3, -0.25) is 0 Å². The Morgan fingerprint density at radius 1 is 1.27 bits per heavy atom. The molecule has 1 unspecified atom stereocenters. The molecule has 1 atom stereocenters. The van der Waals surface area contributed by atoms with E-state index in [-0.39, 0.29) is 11.7 Å². The lowest BCUT2D eigenvalue weighted by molar-refractivity contribution is -0.0146. The van der Waals surface area contributed by atoms with Crippen LogP contribution in [0, 0.1) is 6.92 Å². The number of hydrogen-bond acceptors (Lipinski definition) is 4. The second-order valence-electron chi connectivity index (χ2n) is 6.81. The van der Waals surface area contributed by atoms with E-state index in [0.29, 0.717) is 0 Å². The number of piperidine rings is 1. The summed E-state index contributed by atoms with van der Waals surface area (Å²) in [5.74, 6) is 0.751. The van der Waals surface area contributed by atoms with Crippen LogP contribution >= 0.6 is 12.0 Å². The summed E-state index contributed by atoms with van der Waals surface area (Å²) in [6.45, 7) is 14.1. The molecule has 0 spiro atoms. The van der Waals surface area contributed by atoms with Gasteiger partial charge in [-0.1, -0.05) is 17.7 Å². The molecule has 1 saturated heterocycles. The molecule has 1 aromatic carbocycles. The van der Waals surface area contributed by atoms with E-state index in [4.69, 9.17) is 8.92 Å². The van der Waals surface area contributed by atoms with Gasteiger partial charge in [0, 0.05) is 30.0 Å². The van der Waals surface area contributed by atoms with Crippen LogP contribution in [0.3, 0.4) is 0 Å². The Morgan fingerprint density at radius 2 is 1.95 bits per heavy atom. The van der Waals surface area contributed by atoms with Crippen LogP contribution in [-0.4, -0.2) is 29.7 Å². The topological polar surface area (TPSA) is 21.7 Å². The second kappa shape index (κ2) is 7.42. The van der Waals surface area contributed by atoms with Crippen LogP contribution in [0.1, 0.15) is 39.2 Å². The number of nitrogens with zero attached hydrogens (tertiary/aromatic N) is 1. The standard InChI is InChI=1S/C18H27NO2S/c1-14-8-10-17(11-9-14)22-21-16-7-6-12-19(13-16)15(2)20-18(3,4)5/h8-11,16H,2,6-7,12-13H2,1,3-5H3. The van der Waals surface area contributed by atoms with Gasteiger partial charge in [0.05, 0.1) is 6.10 Å². The van der Waals surface area contributed by atoms with Gasteiger partial charge >= 0.3 is 0 Å². The first-order chi connectivity index (χ1) is 10.3. The fourth-order valence-corrected chi connectivity index (χ4v) is 3.03. The Labute approximate surface area is 138 Å². The second-order valence-corrected chi connectivity index (χ2v) is 7.64. The predicted molar refractivity (Wildman–Crippen MR) is 92.7 cm³/mol. The number of benzene rings is 1. The molecule has 0 radical (unpaired) electrons. The molecule has 22 heavy (non-hydrogen) atoms. The molecule has 0 bridgehead atoms. The van der Waals surface area contributed by atoms with Crippen molar-refractivity contribution in [3.63, 3.8) is 0 Å². The first-order valence-corrected chi connectivity index (χ1v) is 8.60. The van der Waals surface area contributed by atoms with Crippen LogP contribution in [0.15, 0.2) is 41.6 Å². The molecule has 0 aliphatic carbocycles. The van der Waals surface area contributed by atoms with Crippen molar-refractivity contribution in [3.8, 4) is 0 Å². The third kappa shape index (κ3) is 5.58. The average molecular weight is 321 g/mol. The smallest absolute Gasteiger partial charge is 0.182 e. The van der Waals surface area contributed by atoms with Gasteiger partial charge < -0.3 is 13.8 Å². The zero-order chi connectivity index (χ0) is 16.2. The lowest BCUT2D eigenvalue weighted by Crippen LogP contribution is -2.40. The van der Waals surface area contributed by atoms with E-state index in [1.165, 1.54) is 17.6 Å². The van der Waals surface area contributed by atoms with Crippen LogP contribution < -0.4 is 0 Å². The van der Waals surface area contributed by atoms with Crippen molar-refractivity contribution in [3.05, 3.63) is 42.3 Å². The zero-order valence-electron chi connectivity index (χ0n) is 14.1. The summed E-state index contributed by atoms with van der Waals surface area (Å²) in [4.78, 5) is 3.34. The van der Waals surface area contributed by atoms with Gasteiger partial charge in [-0.15, -0.1) is 0 Å². The highest BCUT2D eigenvalue weighted by atomic mass is 32.2. The molecular formula is C18H27NO2S. The summed E-state index contributed by atoms with van der Waals surface area (Å²) in [6.07, 6.45) is 2.39. The fraction of sp³-hybridized carbons (Fsp3) is 0.556. The molecule has 1 aliphatic rings. The van der Waals surface area contributed by atoms with Crippen LogP contribution in [0.2, 0.25) is 0 Å². The summed E-state index contributed by atoms with van der Waals surface area (Å²) < 4.78 is 11.9. The Hall–Kier alpha value is -1.13. The minimum Gasteiger partial charge on any atom is -0.474 e. The predicted octanol–water partition coefficient (Wildman–Crippen LogP) is 4.77. The maximum atomic E-state index is 6.00.